The molecule has 1 aromatic carbocycles. The quantitative estimate of drug-likeness (QED) is 0.455. The number of nitrogens with zero attached hydrogens (tertiary/aromatic N) is 4. The molecular formula is C27H30N6O. The fraction of sp³-hybridized carbons (Fsp3) is 0.296. The van der Waals surface area contributed by atoms with E-state index in [9.17, 15) is 4.79 Å². The van der Waals surface area contributed by atoms with E-state index in [0.29, 0.717) is 11.2 Å². The molecule has 0 spiro atoms. The van der Waals surface area contributed by atoms with Gasteiger partial charge in [0.15, 0.2) is 0 Å². The highest BCUT2D eigenvalue weighted by atomic mass is 16.1. The largest absolute Gasteiger partial charge is 0.340 e. The van der Waals surface area contributed by atoms with Gasteiger partial charge in [0.2, 0.25) is 0 Å². The van der Waals surface area contributed by atoms with E-state index in [0.717, 1.165) is 67.2 Å². The van der Waals surface area contributed by atoms with Gasteiger partial charge < -0.3 is 15.2 Å². The summed E-state index contributed by atoms with van der Waals surface area (Å²) in [6.45, 7) is 10.8. The van der Waals surface area contributed by atoms with E-state index in [-0.39, 0.29) is 5.56 Å². The Labute approximate surface area is 199 Å². The predicted octanol–water partition coefficient (Wildman–Crippen LogP) is 4.17. The number of hydrogen-bond acceptors (Lipinski definition) is 6. The summed E-state index contributed by atoms with van der Waals surface area (Å²) >= 11 is 0. The second-order valence-corrected chi connectivity index (χ2v) is 8.91. The van der Waals surface area contributed by atoms with E-state index >= 15 is 0 Å². The molecule has 4 heterocycles. The maximum absolute atomic E-state index is 12.7. The number of aromatic amines is 1. The lowest BCUT2D eigenvalue weighted by molar-refractivity contribution is 0.132. The first-order chi connectivity index (χ1) is 16.6. The van der Waals surface area contributed by atoms with E-state index in [1.807, 2.05) is 31.3 Å². The van der Waals surface area contributed by atoms with Crippen molar-refractivity contribution in [3.05, 3.63) is 82.5 Å². The Morgan fingerprint density at radius 1 is 1.00 bits per heavy atom. The average molecular weight is 455 g/mol. The van der Waals surface area contributed by atoms with Gasteiger partial charge in [-0.15, -0.1) is 0 Å². The van der Waals surface area contributed by atoms with Gasteiger partial charge in [-0.25, -0.2) is 4.98 Å². The number of rotatable bonds is 6. The standard InChI is InChI=1S/C27H30N6O/c1-3-32-10-12-33(13-11-32)18-20-4-6-23(7-5-20)30-26-25-21(8-9-29-27(25)34)15-24(31-26)22-14-19(2)16-28-17-22/h4-9,14-17H,3,10-13,18H2,1-2H3,(H,29,34)(H,30,31). The molecule has 7 nitrogen and oxygen atoms in total. The van der Waals surface area contributed by atoms with Crippen LogP contribution in [-0.2, 0) is 6.54 Å². The topological polar surface area (TPSA) is 77.2 Å². The zero-order valence-corrected chi connectivity index (χ0v) is 19.7. The van der Waals surface area contributed by atoms with Gasteiger partial charge in [0.1, 0.15) is 5.82 Å². The number of fused-ring (bicyclic) bond motifs is 1. The number of pyridine rings is 3. The summed E-state index contributed by atoms with van der Waals surface area (Å²) in [6.07, 6.45) is 5.29. The van der Waals surface area contributed by atoms with E-state index in [4.69, 9.17) is 4.98 Å². The fourth-order valence-electron chi connectivity index (χ4n) is 4.50. The van der Waals surface area contributed by atoms with E-state index < -0.39 is 0 Å². The monoisotopic (exact) mass is 454 g/mol. The van der Waals surface area contributed by atoms with Crippen LogP contribution in [0.3, 0.4) is 0 Å². The van der Waals surface area contributed by atoms with Gasteiger partial charge >= 0.3 is 0 Å². The van der Waals surface area contributed by atoms with Crippen molar-refractivity contribution in [1.29, 1.82) is 0 Å². The first kappa shape index (κ1) is 22.3. The molecule has 174 valence electrons. The van der Waals surface area contributed by atoms with Crippen LogP contribution >= 0.6 is 0 Å². The molecule has 5 rings (SSSR count). The van der Waals surface area contributed by atoms with Crippen LogP contribution in [0.5, 0.6) is 0 Å². The summed E-state index contributed by atoms with van der Waals surface area (Å²) in [4.78, 5) is 29.5. The van der Waals surface area contributed by atoms with E-state index in [2.05, 4.69) is 56.3 Å². The number of hydrogen-bond donors (Lipinski definition) is 2. The van der Waals surface area contributed by atoms with Crippen LogP contribution in [-0.4, -0.2) is 57.5 Å². The molecule has 3 aromatic heterocycles. The van der Waals surface area contributed by atoms with Gasteiger partial charge in [-0.3, -0.25) is 14.7 Å². The first-order valence-corrected chi connectivity index (χ1v) is 11.8. The predicted molar refractivity (Wildman–Crippen MR) is 137 cm³/mol. The van der Waals surface area contributed by atoms with Gasteiger partial charge in [0.05, 0.1) is 11.1 Å². The Morgan fingerprint density at radius 2 is 1.76 bits per heavy atom. The van der Waals surface area contributed by atoms with Crippen LogP contribution in [0, 0.1) is 6.92 Å². The molecule has 4 aromatic rings. The van der Waals surface area contributed by atoms with Crippen LogP contribution in [0.2, 0.25) is 0 Å². The maximum Gasteiger partial charge on any atom is 0.259 e. The number of aryl methyl sites for hydroxylation is 1. The summed E-state index contributed by atoms with van der Waals surface area (Å²) in [5, 5.41) is 4.76. The normalized spacial score (nSPS) is 15.0. The lowest BCUT2D eigenvalue weighted by Gasteiger charge is -2.34. The summed E-state index contributed by atoms with van der Waals surface area (Å²) in [6, 6.07) is 14.3. The van der Waals surface area contributed by atoms with Crippen LogP contribution in [0.25, 0.3) is 22.0 Å². The third kappa shape index (κ3) is 4.85. The SMILES string of the molecule is CCN1CCN(Cc2ccc(Nc3nc(-c4cncc(C)c4)cc4cc[nH]c(=O)c34)cc2)CC1. The molecule has 1 fully saturated rings. The lowest BCUT2D eigenvalue weighted by atomic mass is 10.1. The van der Waals surface area contributed by atoms with Crippen molar-refractivity contribution >= 4 is 22.3 Å². The van der Waals surface area contributed by atoms with Crippen LogP contribution in [0.4, 0.5) is 11.5 Å². The van der Waals surface area contributed by atoms with Crippen LogP contribution in [0.1, 0.15) is 18.1 Å². The number of aromatic nitrogens is 3. The number of nitrogens with one attached hydrogen (secondary N) is 2. The second kappa shape index (κ2) is 9.75. The molecule has 0 unspecified atom stereocenters. The average Bonchev–Trinajstić information content (AvgIpc) is 2.85. The third-order valence-electron chi connectivity index (χ3n) is 6.46. The number of likely N-dealkylation sites (N-methyl/N-ethyl adjacent to an activating group) is 1. The molecule has 0 saturated carbocycles. The van der Waals surface area contributed by atoms with Crippen molar-refractivity contribution in [3.8, 4) is 11.3 Å². The minimum atomic E-state index is -0.163. The van der Waals surface area contributed by atoms with Crippen molar-refractivity contribution in [2.24, 2.45) is 0 Å². The highest BCUT2D eigenvalue weighted by molar-refractivity contribution is 5.95. The fourth-order valence-corrected chi connectivity index (χ4v) is 4.50. The van der Waals surface area contributed by atoms with Crippen molar-refractivity contribution in [2.45, 2.75) is 20.4 Å². The summed E-state index contributed by atoms with van der Waals surface area (Å²) < 4.78 is 0. The highest BCUT2D eigenvalue weighted by Crippen LogP contribution is 2.28. The zero-order chi connectivity index (χ0) is 23.5. The summed E-state index contributed by atoms with van der Waals surface area (Å²) in [5.74, 6) is 0.541. The van der Waals surface area contributed by atoms with Crippen molar-refractivity contribution in [1.82, 2.24) is 24.8 Å². The molecule has 1 saturated heterocycles. The van der Waals surface area contributed by atoms with Crippen molar-refractivity contribution < 1.29 is 0 Å². The lowest BCUT2D eigenvalue weighted by Crippen LogP contribution is -2.45. The number of anilines is 2. The van der Waals surface area contributed by atoms with Crippen molar-refractivity contribution in [2.75, 3.05) is 38.0 Å². The Balaban J connectivity index is 1.40. The van der Waals surface area contributed by atoms with Crippen molar-refractivity contribution in [3.63, 3.8) is 0 Å². The first-order valence-electron chi connectivity index (χ1n) is 11.8. The molecule has 0 atom stereocenters. The van der Waals surface area contributed by atoms with Gasteiger partial charge in [-0.1, -0.05) is 19.1 Å². The number of piperazine rings is 1. The van der Waals surface area contributed by atoms with Gasteiger partial charge in [0.25, 0.3) is 5.56 Å². The zero-order valence-electron chi connectivity index (χ0n) is 19.7. The van der Waals surface area contributed by atoms with Gasteiger partial charge in [-0.2, -0.15) is 0 Å². The molecule has 0 radical (unpaired) electrons. The van der Waals surface area contributed by atoms with Crippen LogP contribution in [0.15, 0.2) is 65.8 Å². The Bertz CT molecular complexity index is 1340. The second-order valence-electron chi connectivity index (χ2n) is 8.91. The molecule has 1 aliphatic rings. The molecule has 34 heavy (non-hydrogen) atoms. The molecule has 7 heteroatoms. The third-order valence-corrected chi connectivity index (χ3v) is 6.46. The molecular weight excluding hydrogens is 424 g/mol. The molecule has 0 bridgehead atoms. The maximum atomic E-state index is 12.7. The van der Waals surface area contributed by atoms with Crippen LogP contribution < -0.4 is 10.9 Å². The smallest absolute Gasteiger partial charge is 0.259 e. The van der Waals surface area contributed by atoms with E-state index in [1.165, 1.54) is 5.56 Å². The highest BCUT2D eigenvalue weighted by Gasteiger charge is 2.16. The van der Waals surface area contributed by atoms with Gasteiger partial charge in [-0.05, 0) is 60.3 Å². The number of benzene rings is 1. The molecule has 0 aliphatic carbocycles. The Morgan fingerprint density at radius 3 is 2.50 bits per heavy atom. The minimum Gasteiger partial charge on any atom is -0.340 e. The molecule has 1 aliphatic heterocycles. The van der Waals surface area contributed by atoms with E-state index in [1.54, 1.807) is 12.4 Å². The Kier molecular flexibility index (Phi) is 6.38. The minimum absolute atomic E-state index is 0.163. The van der Waals surface area contributed by atoms with Gasteiger partial charge in [0, 0.05) is 62.6 Å². The molecule has 0 amide bonds. The molecule has 2 N–H and O–H groups in total. The summed E-state index contributed by atoms with van der Waals surface area (Å²) in [5.41, 5.74) is 4.78. The number of H-pyrrole nitrogens is 1. The summed E-state index contributed by atoms with van der Waals surface area (Å²) in [7, 11) is 0. The Hall–Kier alpha value is -3.55.